The number of aromatic nitrogens is 2. The number of halogens is 1. The van der Waals surface area contributed by atoms with E-state index in [1.807, 2.05) is 23.7 Å². The number of pyridine rings is 2. The molecule has 0 saturated carbocycles. The number of nitrogens with two attached hydrogens (primary N) is 1. The zero-order valence-electron chi connectivity index (χ0n) is 8.72. The van der Waals surface area contributed by atoms with Gasteiger partial charge in [-0.15, -0.1) is 11.3 Å². The van der Waals surface area contributed by atoms with Crippen molar-refractivity contribution >= 4 is 43.2 Å². The topological polar surface area (TPSA) is 51.8 Å². The molecule has 84 valence electrons. The third kappa shape index (κ3) is 1.71. The Labute approximate surface area is 110 Å². The van der Waals surface area contributed by atoms with Crippen LogP contribution in [-0.4, -0.2) is 9.97 Å². The van der Waals surface area contributed by atoms with Crippen molar-refractivity contribution in [2.45, 2.75) is 0 Å². The fraction of sp³-hybridized carbons (Fsp3) is 0. The molecular formula is C12H8BrN3S. The Kier molecular flexibility index (Phi) is 2.57. The van der Waals surface area contributed by atoms with Crippen LogP contribution in [0.25, 0.3) is 21.2 Å². The predicted molar refractivity (Wildman–Crippen MR) is 75.0 cm³/mol. The van der Waals surface area contributed by atoms with Crippen LogP contribution in [0.5, 0.6) is 0 Å². The molecule has 0 unspecified atom stereocenters. The Balaban J connectivity index is 2.36. The molecule has 0 aliphatic heterocycles. The molecule has 3 heterocycles. The SMILES string of the molecule is Nc1ncc(-c2cccnc2)c2scc(Br)c12. The number of fused-ring (bicyclic) bond motifs is 1. The number of nitrogens with zero attached hydrogens (tertiary/aromatic N) is 2. The Morgan fingerprint density at radius 1 is 1.29 bits per heavy atom. The Morgan fingerprint density at radius 3 is 2.94 bits per heavy atom. The number of hydrogen-bond donors (Lipinski definition) is 1. The number of nitrogen functional groups attached to an aromatic ring is 1. The van der Waals surface area contributed by atoms with E-state index in [1.54, 1.807) is 23.7 Å². The second-order valence-corrected chi connectivity index (χ2v) is 5.32. The maximum Gasteiger partial charge on any atom is 0.133 e. The number of rotatable bonds is 1. The summed E-state index contributed by atoms with van der Waals surface area (Å²) in [5, 5.41) is 3.01. The van der Waals surface area contributed by atoms with Gasteiger partial charge in [0.25, 0.3) is 0 Å². The average Bonchev–Trinajstić information content (AvgIpc) is 2.74. The van der Waals surface area contributed by atoms with Crippen molar-refractivity contribution in [3.8, 4) is 11.1 Å². The molecular weight excluding hydrogens is 298 g/mol. The molecule has 0 bridgehead atoms. The lowest BCUT2D eigenvalue weighted by Crippen LogP contribution is -1.91. The van der Waals surface area contributed by atoms with Crippen molar-refractivity contribution in [1.82, 2.24) is 9.97 Å². The van der Waals surface area contributed by atoms with Crippen LogP contribution in [0.3, 0.4) is 0 Å². The smallest absolute Gasteiger partial charge is 0.133 e. The molecule has 3 aromatic heterocycles. The molecule has 0 amide bonds. The van der Waals surface area contributed by atoms with Crippen LogP contribution >= 0.6 is 27.3 Å². The molecule has 3 rings (SSSR count). The van der Waals surface area contributed by atoms with Gasteiger partial charge in [0.05, 0.1) is 0 Å². The standard InChI is InChI=1S/C12H8BrN3S/c13-9-6-17-11-8(5-16-12(14)10(9)11)7-2-1-3-15-4-7/h1-6H,(H2,14,16). The first-order chi connectivity index (χ1) is 8.27. The van der Waals surface area contributed by atoms with Gasteiger partial charge in [0.2, 0.25) is 0 Å². The van der Waals surface area contributed by atoms with Crippen molar-refractivity contribution < 1.29 is 0 Å². The predicted octanol–water partition coefficient (Wildman–Crippen LogP) is 3.70. The van der Waals surface area contributed by atoms with Crippen molar-refractivity contribution in [3.05, 3.63) is 40.6 Å². The highest BCUT2D eigenvalue weighted by Crippen LogP contribution is 2.39. The minimum Gasteiger partial charge on any atom is -0.383 e. The lowest BCUT2D eigenvalue weighted by atomic mass is 10.1. The van der Waals surface area contributed by atoms with Gasteiger partial charge in [-0.25, -0.2) is 4.98 Å². The second-order valence-electron chi connectivity index (χ2n) is 3.59. The number of hydrogen-bond acceptors (Lipinski definition) is 4. The minimum atomic E-state index is 0.556. The Bertz CT molecular complexity index is 679. The van der Waals surface area contributed by atoms with Gasteiger partial charge < -0.3 is 5.73 Å². The van der Waals surface area contributed by atoms with Crippen molar-refractivity contribution in [3.63, 3.8) is 0 Å². The van der Waals surface area contributed by atoms with E-state index in [2.05, 4.69) is 25.9 Å². The quantitative estimate of drug-likeness (QED) is 0.746. The first kappa shape index (κ1) is 10.7. The van der Waals surface area contributed by atoms with Gasteiger partial charge in [-0.1, -0.05) is 6.07 Å². The van der Waals surface area contributed by atoms with Crippen molar-refractivity contribution in [1.29, 1.82) is 0 Å². The normalized spacial score (nSPS) is 10.9. The summed E-state index contributed by atoms with van der Waals surface area (Å²) in [6.45, 7) is 0. The molecule has 3 nitrogen and oxygen atoms in total. The summed E-state index contributed by atoms with van der Waals surface area (Å²) < 4.78 is 2.13. The van der Waals surface area contributed by atoms with E-state index in [0.29, 0.717) is 5.82 Å². The van der Waals surface area contributed by atoms with E-state index in [0.717, 1.165) is 25.7 Å². The Morgan fingerprint density at radius 2 is 2.18 bits per heavy atom. The summed E-state index contributed by atoms with van der Waals surface area (Å²) in [6, 6.07) is 3.94. The Hall–Kier alpha value is -1.46. The number of anilines is 1. The monoisotopic (exact) mass is 305 g/mol. The largest absolute Gasteiger partial charge is 0.383 e. The van der Waals surface area contributed by atoms with Crippen LogP contribution < -0.4 is 5.73 Å². The molecule has 0 spiro atoms. The number of thiophene rings is 1. The van der Waals surface area contributed by atoms with E-state index in [-0.39, 0.29) is 0 Å². The highest BCUT2D eigenvalue weighted by molar-refractivity contribution is 9.10. The third-order valence-corrected chi connectivity index (χ3v) is 4.49. The fourth-order valence-electron chi connectivity index (χ4n) is 1.76. The minimum absolute atomic E-state index is 0.556. The first-order valence-corrected chi connectivity index (χ1v) is 6.66. The zero-order chi connectivity index (χ0) is 11.8. The van der Waals surface area contributed by atoms with Crippen LogP contribution in [-0.2, 0) is 0 Å². The summed E-state index contributed by atoms with van der Waals surface area (Å²) in [4.78, 5) is 8.37. The van der Waals surface area contributed by atoms with Gasteiger partial charge in [0.15, 0.2) is 0 Å². The zero-order valence-corrected chi connectivity index (χ0v) is 11.1. The molecule has 0 aliphatic rings. The molecule has 0 saturated heterocycles. The van der Waals surface area contributed by atoms with Gasteiger partial charge in [0.1, 0.15) is 5.82 Å². The molecule has 3 aromatic rings. The van der Waals surface area contributed by atoms with Crippen LogP contribution in [0, 0.1) is 0 Å². The average molecular weight is 306 g/mol. The summed E-state index contributed by atoms with van der Waals surface area (Å²) in [7, 11) is 0. The van der Waals surface area contributed by atoms with Gasteiger partial charge in [-0.2, -0.15) is 0 Å². The fourth-order valence-corrected chi connectivity index (χ4v) is 3.54. The summed E-state index contributed by atoms with van der Waals surface area (Å²) in [5.41, 5.74) is 8.02. The van der Waals surface area contributed by atoms with Crippen LogP contribution in [0.15, 0.2) is 40.6 Å². The van der Waals surface area contributed by atoms with Gasteiger partial charge in [-0.3, -0.25) is 4.98 Å². The van der Waals surface area contributed by atoms with Gasteiger partial charge in [0, 0.05) is 49.7 Å². The van der Waals surface area contributed by atoms with E-state index < -0.39 is 0 Å². The van der Waals surface area contributed by atoms with Crippen LogP contribution in [0.2, 0.25) is 0 Å². The van der Waals surface area contributed by atoms with E-state index in [9.17, 15) is 0 Å². The third-order valence-electron chi connectivity index (χ3n) is 2.55. The highest BCUT2D eigenvalue weighted by atomic mass is 79.9. The van der Waals surface area contributed by atoms with E-state index >= 15 is 0 Å². The van der Waals surface area contributed by atoms with Gasteiger partial charge in [-0.05, 0) is 22.0 Å². The molecule has 0 fully saturated rings. The van der Waals surface area contributed by atoms with Crippen molar-refractivity contribution in [2.75, 3.05) is 5.73 Å². The molecule has 2 N–H and O–H groups in total. The maximum atomic E-state index is 5.90. The van der Waals surface area contributed by atoms with Crippen LogP contribution in [0.1, 0.15) is 0 Å². The highest BCUT2D eigenvalue weighted by Gasteiger charge is 2.12. The summed E-state index contributed by atoms with van der Waals surface area (Å²) in [6.07, 6.45) is 5.40. The molecule has 0 aliphatic carbocycles. The van der Waals surface area contributed by atoms with E-state index in [4.69, 9.17) is 5.73 Å². The van der Waals surface area contributed by atoms with Crippen molar-refractivity contribution in [2.24, 2.45) is 0 Å². The first-order valence-electron chi connectivity index (χ1n) is 4.99. The molecule has 0 aromatic carbocycles. The summed E-state index contributed by atoms with van der Waals surface area (Å²) >= 11 is 5.15. The molecule has 0 atom stereocenters. The summed E-state index contributed by atoms with van der Waals surface area (Å²) in [5.74, 6) is 0.556. The van der Waals surface area contributed by atoms with Crippen LogP contribution in [0.4, 0.5) is 5.82 Å². The second kappa shape index (κ2) is 4.09. The molecule has 17 heavy (non-hydrogen) atoms. The van der Waals surface area contributed by atoms with Gasteiger partial charge >= 0.3 is 0 Å². The van der Waals surface area contributed by atoms with E-state index in [1.165, 1.54) is 0 Å². The molecule has 5 heteroatoms. The lowest BCUT2D eigenvalue weighted by molar-refractivity contribution is 1.32. The maximum absolute atomic E-state index is 5.90. The molecule has 0 radical (unpaired) electrons. The lowest BCUT2D eigenvalue weighted by Gasteiger charge is -2.04.